The summed E-state index contributed by atoms with van der Waals surface area (Å²) in [5.41, 5.74) is 0. The third-order valence-corrected chi connectivity index (χ3v) is 3.20. The summed E-state index contributed by atoms with van der Waals surface area (Å²) in [7, 11) is 0. The number of β-amino-alcohol motifs (C(OH)–C–C–N with tert-alkyl or cyclic N) is 1. The van der Waals surface area contributed by atoms with Gasteiger partial charge in [-0.25, -0.2) is 0 Å². The Labute approximate surface area is 110 Å². The van der Waals surface area contributed by atoms with Crippen LogP contribution in [0.25, 0.3) is 0 Å². The van der Waals surface area contributed by atoms with Gasteiger partial charge < -0.3 is 14.7 Å². The van der Waals surface area contributed by atoms with Crippen LogP contribution in [0.3, 0.4) is 0 Å². The number of ether oxygens (including phenoxy) is 1. The molecule has 0 aromatic carbocycles. The summed E-state index contributed by atoms with van der Waals surface area (Å²) in [6.07, 6.45) is 2.29. The highest BCUT2D eigenvalue weighted by Crippen LogP contribution is 2.04. The molecule has 0 aromatic rings. The molecule has 0 radical (unpaired) electrons. The van der Waals surface area contributed by atoms with Gasteiger partial charge in [0.25, 0.3) is 0 Å². The smallest absolute Gasteiger partial charge is 0.305 e. The molecule has 1 saturated heterocycles. The second-order valence-corrected chi connectivity index (χ2v) is 4.73. The molecule has 1 aliphatic heterocycles. The average molecular weight is 258 g/mol. The summed E-state index contributed by atoms with van der Waals surface area (Å²) in [4.78, 5) is 15.9. The highest BCUT2D eigenvalue weighted by atomic mass is 16.5. The van der Waals surface area contributed by atoms with Crippen molar-refractivity contribution < 1.29 is 14.6 Å². The van der Waals surface area contributed by atoms with Gasteiger partial charge in [-0.1, -0.05) is 6.92 Å². The molecule has 0 unspecified atom stereocenters. The van der Waals surface area contributed by atoms with Crippen LogP contribution in [0.15, 0.2) is 0 Å². The Hall–Kier alpha value is -0.650. The molecule has 1 rings (SSSR count). The van der Waals surface area contributed by atoms with Crippen LogP contribution in [0.4, 0.5) is 0 Å². The number of nitrogens with zero attached hydrogens (tertiary/aromatic N) is 2. The molecule has 5 heteroatoms. The van der Waals surface area contributed by atoms with E-state index in [1.807, 2.05) is 6.92 Å². The van der Waals surface area contributed by atoms with Crippen molar-refractivity contribution in [3.63, 3.8) is 0 Å². The Morgan fingerprint density at radius 2 is 1.78 bits per heavy atom. The number of esters is 1. The van der Waals surface area contributed by atoms with Crippen molar-refractivity contribution in [3.05, 3.63) is 0 Å². The van der Waals surface area contributed by atoms with Crippen molar-refractivity contribution in [3.8, 4) is 0 Å². The topological polar surface area (TPSA) is 53.0 Å². The number of rotatable bonds is 8. The van der Waals surface area contributed by atoms with Crippen molar-refractivity contribution in [2.24, 2.45) is 0 Å². The maximum absolute atomic E-state index is 11.3. The van der Waals surface area contributed by atoms with E-state index < -0.39 is 0 Å². The van der Waals surface area contributed by atoms with E-state index in [0.29, 0.717) is 13.0 Å². The monoisotopic (exact) mass is 258 g/mol. The lowest BCUT2D eigenvalue weighted by atomic mass is 10.2. The first-order valence-corrected chi connectivity index (χ1v) is 6.97. The van der Waals surface area contributed by atoms with Crippen LogP contribution in [-0.4, -0.2) is 73.4 Å². The van der Waals surface area contributed by atoms with E-state index in [9.17, 15) is 4.79 Å². The first kappa shape index (κ1) is 15.4. The van der Waals surface area contributed by atoms with Gasteiger partial charge >= 0.3 is 5.97 Å². The summed E-state index contributed by atoms with van der Waals surface area (Å²) in [6.45, 7) is 8.61. The summed E-state index contributed by atoms with van der Waals surface area (Å²) >= 11 is 0. The molecular weight excluding hydrogens is 232 g/mol. The third kappa shape index (κ3) is 6.33. The van der Waals surface area contributed by atoms with Gasteiger partial charge in [0.2, 0.25) is 0 Å². The molecule has 0 atom stereocenters. The van der Waals surface area contributed by atoms with Gasteiger partial charge in [0.05, 0.1) is 13.2 Å². The maximum atomic E-state index is 11.3. The molecule has 5 nitrogen and oxygen atoms in total. The van der Waals surface area contributed by atoms with Gasteiger partial charge in [0.1, 0.15) is 0 Å². The van der Waals surface area contributed by atoms with Crippen molar-refractivity contribution >= 4 is 5.97 Å². The maximum Gasteiger partial charge on any atom is 0.305 e. The number of aliphatic hydroxyl groups is 1. The number of carbonyl (C=O) groups is 1. The van der Waals surface area contributed by atoms with E-state index in [-0.39, 0.29) is 12.6 Å². The zero-order chi connectivity index (χ0) is 13.2. The molecule has 0 amide bonds. The second kappa shape index (κ2) is 9.30. The molecule has 1 fully saturated rings. The van der Waals surface area contributed by atoms with Gasteiger partial charge in [-0.15, -0.1) is 0 Å². The largest absolute Gasteiger partial charge is 0.466 e. The zero-order valence-corrected chi connectivity index (χ0v) is 11.4. The minimum absolute atomic E-state index is 0.0734. The minimum atomic E-state index is -0.0734. The fraction of sp³-hybridized carbons (Fsp3) is 0.923. The van der Waals surface area contributed by atoms with Crippen LogP contribution in [0, 0.1) is 0 Å². The Morgan fingerprint density at radius 3 is 2.33 bits per heavy atom. The Morgan fingerprint density at radius 1 is 1.17 bits per heavy atom. The number of aliphatic hydroxyl groups excluding tert-OH is 1. The van der Waals surface area contributed by atoms with E-state index in [2.05, 4.69) is 9.80 Å². The van der Waals surface area contributed by atoms with Gasteiger partial charge in [-0.05, 0) is 19.4 Å². The fourth-order valence-corrected chi connectivity index (χ4v) is 2.11. The van der Waals surface area contributed by atoms with Crippen molar-refractivity contribution in [1.29, 1.82) is 0 Å². The van der Waals surface area contributed by atoms with E-state index in [4.69, 9.17) is 9.84 Å². The van der Waals surface area contributed by atoms with Crippen LogP contribution in [0.5, 0.6) is 0 Å². The first-order valence-electron chi connectivity index (χ1n) is 6.97. The number of hydrogen-bond donors (Lipinski definition) is 1. The number of piperazine rings is 1. The molecule has 0 bridgehead atoms. The highest BCUT2D eigenvalue weighted by Gasteiger charge is 2.16. The van der Waals surface area contributed by atoms with Crippen LogP contribution < -0.4 is 0 Å². The molecule has 0 aromatic heterocycles. The van der Waals surface area contributed by atoms with Crippen molar-refractivity contribution in [2.75, 3.05) is 52.5 Å². The molecule has 106 valence electrons. The molecule has 1 N–H and O–H groups in total. The first-order chi connectivity index (χ1) is 8.76. The molecule has 0 aliphatic carbocycles. The minimum Gasteiger partial charge on any atom is -0.466 e. The molecule has 0 saturated carbocycles. The summed E-state index contributed by atoms with van der Waals surface area (Å²) in [5, 5.41) is 8.85. The number of hydrogen-bond acceptors (Lipinski definition) is 5. The lowest BCUT2D eigenvalue weighted by Crippen LogP contribution is -2.47. The van der Waals surface area contributed by atoms with Gasteiger partial charge in [0.15, 0.2) is 0 Å². The Balaban J connectivity index is 2.02. The predicted octanol–water partition coefficient (Wildman–Crippen LogP) is 0.330. The van der Waals surface area contributed by atoms with E-state index >= 15 is 0 Å². The lowest BCUT2D eigenvalue weighted by Gasteiger charge is -2.34. The second-order valence-electron chi connectivity index (χ2n) is 4.73. The fourth-order valence-electron chi connectivity index (χ4n) is 2.11. The van der Waals surface area contributed by atoms with Gasteiger partial charge in [-0.3, -0.25) is 9.69 Å². The van der Waals surface area contributed by atoms with Crippen LogP contribution in [-0.2, 0) is 9.53 Å². The van der Waals surface area contributed by atoms with Gasteiger partial charge in [-0.2, -0.15) is 0 Å². The standard InChI is InChI=1S/C13H26N2O3/c1-2-12-18-13(17)4-3-5-14-6-8-15(9-7-14)10-11-16/h16H,2-12H2,1H3. The van der Waals surface area contributed by atoms with E-state index in [0.717, 1.165) is 52.1 Å². The molecule has 18 heavy (non-hydrogen) atoms. The quantitative estimate of drug-likeness (QED) is 0.636. The van der Waals surface area contributed by atoms with Crippen molar-refractivity contribution in [2.45, 2.75) is 26.2 Å². The lowest BCUT2D eigenvalue weighted by molar-refractivity contribution is -0.143. The highest BCUT2D eigenvalue weighted by molar-refractivity contribution is 5.69. The average Bonchev–Trinajstić information content (AvgIpc) is 2.39. The van der Waals surface area contributed by atoms with Crippen LogP contribution in [0.2, 0.25) is 0 Å². The predicted molar refractivity (Wildman–Crippen MR) is 70.4 cm³/mol. The molecular formula is C13H26N2O3. The summed E-state index contributed by atoms with van der Waals surface area (Å²) < 4.78 is 5.04. The molecule has 0 spiro atoms. The SMILES string of the molecule is CCCOC(=O)CCCN1CCN(CCO)CC1. The third-order valence-electron chi connectivity index (χ3n) is 3.20. The zero-order valence-electron chi connectivity index (χ0n) is 11.4. The normalized spacial score (nSPS) is 17.9. The van der Waals surface area contributed by atoms with E-state index in [1.165, 1.54) is 0 Å². The Bertz CT molecular complexity index is 228. The summed E-state index contributed by atoms with van der Waals surface area (Å²) in [6, 6.07) is 0. The Kier molecular flexibility index (Phi) is 7.96. The van der Waals surface area contributed by atoms with E-state index in [1.54, 1.807) is 0 Å². The van der Waals surface area contributed by atoms with Gasteiger partial charge in [0, 0.05) is 39.1 Å². The number of carbonyl (C=O) groups excluding carboxylic acids is 1. The molecule has 1 heterocycles. The summed E-state index contributed by atoms with van der Waals surface area (Å²) in [5.74, 6) is -0.0734. The van der Waals surface area contributed by atoms with Crippen molar-refractivity contribution in [1.82, 2.24) is 9.80 Å². The molecule has 1 aliphatic rings. The van der Waals surface area contributed by atoms with Crippen LogP contribution in [0.1, 0.15) is 26.2 Å². The van der Waals surface area contributed by atoms with Crippen LogP contribution >= 0.6 is 0 Å².